The van der Waals surface area contributed by atoms with E-state index in [0.29, 0.717) is 5.70 Å². The van der Waals surface area contributed by atoms with Gasteiger partial charge in [-0.25, -0.2) is 4.99 Å². The van der Waals surface area contributed by atoms with Crippen LogP contribution in [0.4, 0.5) is 0 Å². The summed E-state index contributed by atoms with van der Waals surface area (Å²) in [5.74, 6) is 0.766. The van der Waals surface area contributed by atoms with Gasteiger partial charge in [0.2, 0.25) is 5.12 Å². The van der Waals surface area contributed by atoms with Crippen LogP contribution in [0.3, 0.4) is 0 Å². The zero-order chi connectivity index (χ0) is 17.6. The molecule has 1 aliphatic heterocycles. The van der Waals surface area contributed by atoms with Gasteiger partial charge in [0.15, 0.2) is 0 Å². The molecule has 0 unspecified atom stereocenters. The molecule has 25 heavy (non-hydrogen) atoms. The number of rotatable bonds is 4. The van der Waals surface area contributed by atoms with Crippen molar-refractivity contribution in [3.63, 3.8) is 0 Å². The van der Waals surface area contributed by atoms with E-state index in [0.717, 1.165) is 31.9 Å². The van der Waals surface area contributed by atoms with Gasteiger partial charge in [0, 0.05) is 10.8 Å². The molecule has 0 bridgehead atoms. The summed E-state index contributed by atoms with van der Waals surface area (Å²) in [5, 5.41) is 0.724. The van der Waals surface area contributed by atoms with Crippen molar-refractivity contribution < 1.29 is 4.79 Å². The molecule has 0 saturated carbocycles. The van der Waals surface area contributed by atoms with E-state index < -0.39 is 0 Å². The Morgan fingerprint density at radius 3 is 2.60 bits per heavy atom. The number of hydrogen-bond donors (Lipinski definition) is 0. The number of allylic oxidation sites excluding steroid dienone is 2. The lowest BCUT2D eigenvalue weighted by Gasteiger charge is -1.99. The van der Waals surface area contributed by atoms with Crippen LogP contribution in [0.25, 0.3) is 6.08 Å². The van der Waals surface area contributed by atoms with Gasteiger partial charge in [-0.05, 0) is 53.6 Å². The highest BCUT2D eigenvalue weighted by atomic mass is 35.5. The third kappa shape index (κ3) is 5.36. The summed E-state index contributed by atoms with van der Waals surface area (Å²) in [4.78, 5) is 16.6. The van der Waals surface area contributed by atoms with Crippen molar-refractivity contribution >= 4 is 50.7 Å². The first-order valence-corrected chi connectivity index (χ1v) is 9.91. The van der Waals surface area contributed by atoms with Crippen LogP contribution in [0.2, 0.25) is 5.02 Å². The second-order valence-corrected chi connectivity index (χ2v) is 8.13. The molecule has 0 fully saturated rings. The molecule has 0 aromatic heterocycles. The van der Waals surface area contributed by atoms with Crippen LogP contribution < -0.4 is 0 Å². The molecule has 5 heteroatoms. The van der Waals surface area contributed by atoms with Crippen LogP contribution in [0.15, 0.2) is 76.9 Å². The van der Waals surface area contributed by atoms with E-state index in [1.165, 1.54) is 11.8 Å². The lowest BCUT2D eigenvalue weighted by molar-refractivity contribution is -0.107. The molecule has 126 valence electrons. The minimum Gasteiger partial charge on any atom is -0.279 e. The molecule has 1 aliphatic rings. The Kier molecular flexibility index (Phi) is 6.19. The Balaban J connectivity index is 1.67. The van der Waals surface area contributed by atoms with Gasteiger partial charge in [-0.3, -0.25) is 4.79 Å². The highest BCUT2D eigenvalue weighted by molar-refractivity contribution is 8.45. The monoisotopic (exact) mass is 385 g/mol. The number of halogens is 1. The van der Waals surface area contributed by atoms with Crippen LogP contribution in [0, 0.1) is 0 Å². The predicted octanol–water partition coefficient (Wildman–Crippen LogP) is 6.19. The number of nitrogens with zero attached hydrogens (tertiary/aromatic N) is 1. The number of aliphatic imine (C=N–C) groups is 1. The smallest absolute Gasteiger partial charge is 0.244 e. The predicted molar refractivity (Wildman–Crippen MR) is 111 cm³/mol. The number of carbonyl (C=O) groups excluding carboxylic acids is 1. The third-order valence-corrected chi connectivity index (χ3v) is 5.77. The molecule has 0 saturated heterocycles. The normalized spacial score (nSPS) is 16.4. The lowest BCUT2D eigenvalue weighted by Crippen LogP contribution is -1.89. The Morgan fingerprint density at radius 2 is 1.88 bits per heavy atom. The van der Waals surface area contributed by atoms with Gasteiger partial charge in [-0.1, -0.05) is 71.9 Å². The Bertz CT molecular complexity index is 855. The van der Waals surface area contributed by atoms with Crippen molar-refractivity contribution in [1.29, 1.82) is 0 Å². The van der Waals surface area contributed by atoms with Crippen LogP contribution in [0.5, 0.6) is 0 Å². The maximum atomic E-state index is 12.2. The second kappa shape index (κ2) is 8.56. The number of benzene rings is 2. The Morgan fingerprint density at radius 1 is 1.16 bits per heavy atom. The molecule has 0 aliphatic carbocycles. The fourth-order valence-corrected chi connectivity index (χ4v) is 4.17. The molecule has 0 N–H and O–H groups in total. The number of carbonyl (C=O) groups is 1. The number of hydrogen-bond acceptors (Lipinski definition) is 4. The van der Waals surface area contributed by atoms with Crippen LogP contribution in [0.1, 0.15) is 18.1 Å². The molecular formula is C20H16ClNOS2. The minimum atomic E-state index is -0.000539. The molecule has 0 atom stereocenters. The zero-order valence-corrected chi connectivity index (χ0v) is 16.0. The first kappa shape index (κ1) is 18.1. The Labute approximate surface area is 161 Å². The maximum Gasteiger partial charge on any atom is 0.244 e. The maximum absolute atomic E-state index is 12.2. The van der Waals surface area contributed by atoms with Gasteiger partial charge >= 0.3 is 0 Å². The molecule has 0 amide bonds. The van der Waals surface area contributed by atoms with E-state index >= 15 is 0 Å². The topological polar surface area (TPSA) is 29.4 Å². The van der Waals surface area contributed by atoms with Crippen molar-refractivity contribution in [3.05, 3.63) is 88.1 Å². The lowest BCUT2D eigenvalue weighted by atomic mass is 10.1. The first-order chi connectivity index (χ1) is 12.1. The second-order valence-electron chi connectivity index (χ2n) is 5.51. The highest BCUT2D eigenvalue weighted by Gasteiger charge is 2.22. The van der Waals surface area contributed by atoms with Crippen LogP contribution >= 0.6 is 35.1 Å². The summed E-state index contributed by atoms with van der Waals surface area (Å²) in [6.45, 7) is 1.98. The standard InChI is InChI=1S/C20H16ClNOS2/c1-14(11-15-5-3-2-4-6-15)12-18-19(23)25-20(22-18)24-13-16-7-9-17(21)10-8-16/h2-12H,13H2,1H3/b14-11-,18-12-. The summed E-state index contributed by atoms with van der Waals surface area (Å²) in [6.07, 6.45) is 3.89. The van der Waals surface area contributed by atoms with Gasteiger partial charge in [0.1, 0.15) is 10.1 Å². The molecule has 2 aromatic carbocycles. The molecular weight excluding hydrogens is 370 g/mol. The van der Waals surface area contributed by atoms with Gasteiger partial charge in [-0.15, -0.1) is 0 Å². The summed E-state index contributed by atoms with van der Waals surface area (Å²) in [5.41, 5.74) is 3.77. The fourth-order valence-electron chi connectivity index (χ4n) is 2.25. The molecule has 1 heterocycles. The summed E-state index contributed by atoms with van der Waals surface area (Å²) in [6, 6.07) is 17.7. The van der Waals surface area contributed by atoms with E-state index in [-0.39, 0.29) is 5.12 Å². The fraction of sp³-hybridized carbons (Fsp3) is 0.100. The van der Waals surface area contributed by atoms with Gasteiger partial charge in [0.05, 0.1) is 0 Å². The van der Waals surface area contributed by atoms with Crippen LogP contribution in [-0.2, 0) is 10.5 Å². The van der Waals surface area contributed by atoms with Crippen molar-refractivity contribution in [2.24, 2.45) is 4.99 Å². The third-order valence-electron chi connectivity index (χ3n) is 3.43. The quantitative estimate of drug-likeness (QED) is 0.587. The molecule has 0 radical (unpaired) electrons. The van der Waals surface area contributed by atoms with Gasteiger partial charge in [0.25, 0.3) is 0 Å². The molecule has 2 aromatic rings. The molecule has 3 rings (SSSR count). The Hall–Kier alpha value is -1.75. The van der Waals surface area contributed by atoms with Crippen molar-refractivity contribution in [3.8, 4) is 0 Å². The summed E-state index contributed by atoms with van der Waals surface area (Å²) in [7, 11) is 0. The summed E-state index contributed by atoms with van der Waals surface area (Å²) < 4.78 is 0.790. The van der Waals surface area contributed by atoms with Gasteiger partial charge < -0.3 is 0 Å². The number of thioether (sulfide) groups is 2. The highest BCUT2D eigenvalue weighted by Crippen LogP contribution is 2.32. The van der Waals surface area contributed by atoms with Crippen molar-refractivity contribution in [2.75, 3.05) is 0 Å². The van der Waals surface area contributed by atoms with Crippen molar-refractivity contribution in [2.45, 2.75) is 12.7 Å². The van der Waals surface area contributed by atoms with E-state index in [1.54, 1.807) is 11.8 Å². The first-order valence-electron chi connectivity index (χ1n) is 7.73. The van der Waals surface area contributed by atoms with Crippen LogP contribution in [-0.4, -0.2) is 9.49 Å². The van der Waals surface area contributed by atoms with E-state index in [9.17, 15) is 4.79 Å². The minimum absolute atomic E-state index is 0.000539. The van der Waals surface area contributed by atoms with E-state index in [1.807, 2.05) is 73.7 Å². The van der Waals surface area contributed by atoms with E-state index in [4.69, 9.17) is 11.6 Å². The summed E-state index contributed by atoms with van der Waals surface area (Å²) >= 11 is 8.66. The average molecular weight is 386 g/mol. The van der Waals surface area contributed by atoms with Crippen molar-refractivity contribution in [1.82, 2.24) is 0 Å². The molecule has 2 nitrogen and oxygen atoms in total. The zero-order valence-electron chi connectivity index (χ0n) is 13.6. The SMILES string of the molecule is CC(=C/c1ccccc1)/C=C1\N=C(SCc2ccc(Cl)cc2)SC1=O. The van der Waals surface area contributed by atoms with E-state index in [2.05, 4.69) is 4.99 Å². The molecule has 0 spiro atoms. The van der Waals surface area contributed by atoms with Gasteiger partial charge in [-0.2, -0.15) is 0 Å². The largest absolute Gasteiger partial charge is 0.279 e. The average Bonchev–Trinajstić information content (AvgIpc) is 2.95.